The van der Waals surface area contributed by atoms with Gasteiger partial charge in [0.1, 0.15) is 11.6 Å². The van der Waals surface area contributed by atoms with Gasteiger partial charge in [0.25, 0.3) is 0 Å². The molecule has 1 fully saturated rings. The van der Waals surface area contributed by atoms with Gasteiger partial charge in [-0.2, -0.15) is 0 Å². The highest BCUT2D eigenvalue weighted by molar-refractivity contribution is 5.43. The Balaban J connectivity index is 2.21. The molecule has 2 heterocycles. The van der Waals surface area contributed by atoms with Gasteiger partial charge in [-0.05, 0) is 13.8 Å². The summed E-state index contributed by atoms with van der Waals surface area (Å²) < 4.78 is 0. The molecule has 70 valence electrons. The van der Waals surface area contributed by atoms with Gasteiger partial charge in [-0.3, -0.25) is 0 Å². The first-order valence-electron chi connectivity index (χ1n) is 4.48. The monoisotopic (exact) mass is 178 g/mol. The molecule has 1 aliphatic rings. The molecule has 0 unspecified atom stereocenters. The molecule has 0 saturated carbocycles. The van der Waals surface area contributed by atoms with Gasteiger partial charge in [-0.15, -0.1) is 0 Å². The Morgan fingerprint density at radius 3 is 2.62 bits per heavy atom. The van der Waals surface area contributed by atoms with E-state index in [0.29, 0.717) is 6.04 Å². The summed E-state index contributed by atoms with van der Waals surface area (Å²) in [4.78, 5) is 10.7. The smallest absolute Gasteiger partial charge is 0.132 e. The molecule has 0 bridgehead atoms. The van der Waals surface area contributed by atoms with E-state index in [1.54, 1.807) is 0 Å². The summed E-state index contributed by atoms with van der Waals surface area (Å²) in [6.45, 7) is 5.72. The second-order valence-corrected chi connectivity index (χ2v) is 3.58. The van der Waals surface area contributed by atoms with Crippen molar-refractivity contribution in [3.8, 4) is 0 Å². The van der Waals surface area contributed by atoms with E-state index in [0.717, 1.165) is 30.4 Å². The van der Waals surface area contributed by atoms with Crippen LogP contribution < -0.4 is 10.6 Å². The number of hydrogen-bond acceptors (Lipinski definition) is 4. The minimum Gasteiger partial charge on any atom is -0.353 e. The van der Waals surface area contributed by atoms with Crippen molar-refractivity contribution in [1.29, 1.82) is 0 Å². The highest BCUT2D eigenvalue weighted by Gasteiger charge is 2.24. The van der Waals surface area contributed by atoms with Crippen molar-refractivity contribution in [3.05, 3.63) is 17.6 Å². The van der Waals surface area contributed by atoms with Gasteiger partial charge in [-0.25, -0.2) is 9.97 Å². The Morgan fingerprint density at radius 2 is 2.08 bits per heavy atom. The molecule has 1 aromatic heterocycles. The minimum absolute atomic E-state index is 0.315. The number of hydrogen-bond donors (Lipinski definition) is 1. The first-order chi connectivity index (χ1) is 6.15. The van der Waals surface area contributed by atoms with Crippen LogP contribution in [0.1, 0.15) is 11.5 Å². The zero-order chi connectivity index (χ0) is 9.42. The highest BCUT2D eigenvalue weighted by Crippen LogP contribution is 2.17. The van der Waals surface area contributed by atoms with Crippen molar-refractivity contribution < 1.29 is 0 Å². The molecule has 0 aromatic carbocycles. The van der Waals surface area contributed by atoms with Gasteiger partial charge in [-0.1, -0.05) is 0 Å². The van der Waals surface area contributed by atoms with Crippen LogP contribution in [0.25, 0.3) is 0 Å². The van der Waals surface area contributed by atoms with Crippen LogP contribution in [0, 0.1) is 13.8 Å². The number of nitrogens with two attached hydrogens (primary N) is 1. The molecule has 2 N–H and O–H groups in total. The van der Waals surface area contributed by atoms with E-state index in [1.807, 2.05) is 19.9 Å². The van der Waals surface area contributed by atoms with Gasteiger partial charge in [0.2, 0.25) is 0 Å². The maximum absolute atomic E-state index is 5.70. The SMILES string of the molecule is Cc1cc(N2CC(N)C2)nc(C)n1. The van der Waals surface area contributed by atoms with Gasteiger partial charge in [0.05, 0.1) is 0 Å². The van der Waals surface area contributed by atoms with E-state index >= 15 is 0 Å². The third-order valence-electron chi connectivity index (χ3n) is 2.19. The molecule has 1 aliphatic heterocycles. The number of rotatable bonds is 1. The van der Waals surface area contributed by atoms with Crippen LogP contribution in [0.2, 0.25) is 0 Å². The molecule has 0 aliphatic carbocycles. The summed E-state index contributed by atoms with van der Waals surface area (Å²) in [5.41, 5.74) is 6.71. The molecule has 0 radical (unpaired) electrons. The van der Waals surface area contributed by atoms with Crippen LogP contribution in [0.5, 0.6) is 0 Å². The topological polar surface area (TPSA) is 55.0 Å². The molecule has 2 rings (SSSR count). The Morgan fingerprint density at radius 1 is 1.38 bits per heavy atom. The van der Waals surface area contributed by atoms with Crippen LogP contribution in [0.15, 0.2) is 6.07 Å². The van der Waals surface area contributed by atoms with Crippen molar-refractivity contribution in [3.63, 3.8) is 0 Å². The van der Waals surface area contributed by atoms with Crippen LogP contribution in [0.3, 0.4) is 0 Å². The van der Waals surface area contributed by atoms with Crippen LogP contribution >= 0.6 is 0 Å². The standard InChI is InChI=1S/C9H14N4/c1-6-3-9(12-7(2)11-6)13-4-8(10)5-13/h3,8H,4-5,10H2,1-2H3. The Hall–Kier alpha value is -1.16. The first kappa shape index (κ1) is 8.44. The highest BCUT2D eigenvalue weighted by atomic mass is 15.3. The zero-order valence-electron chi connectivity index (χ0n) is 7.99. The van der Waals surface area contributed by atoms with E-state index < -0.39 is 0 Å². The summed E-state index contributed by atoms with van der Waals surface area (Å²) in [6.07, 6.45) is 0. The Bertz CT molecular complexity index is 297. The zero-order valence-corrected chi connectivity index (χ0v) is 7.99. The molecule has 4 nitrogen and oxygen atoms in total. The van der Waals surface area contributed by atoms with Crippen LogP contribution in [0.4, 0.5) is 5.82 Å². The van der Waals surface area contributed by atoms with Crippen molar-refractivity contribution in [1.82, 2.24) is 9.97 Å². The van der Waals surface area contributed by atoms with Gasteiger partial charge >= 0.3 is 0 Å². The van der Waals surface area contributed by atoms with Crippen molar-refractivity contribution >= 4 is 5.82 Å². The fraction of sp³-hybridized carbons (Fsp3) is 0.556. The lowest BCUT2D eigenvalue weighted by atomic mass is 10.1. The molecular weight excluding hydrogens is 164 g/mol. The van der Waals surface area contributed by atoms with Gasteiger partial charge in [0.15, 0.2) is 0 Å². The lowest BCUT2D eigenvalue weighted by Crippen LogP contribution is -2.56. The van der Waals surface area contributed by atoms with E-state index in [2.05, 4.69) is 14.9 Å². The Kier molecular flexibility index (Phi) is 1.92. The average Bonchev–Trinajstić information content (AvgIpc) is 1.96. The molecular formula is C9H14N4. The van der Waals surface area contributed by atoms with E-state index in [1.165, 1.54) is 0 Å². The number of aromatic nitrogens is 2. The first-order valence-corrected chi connectivity index (χ1v) is 4.48. The molecule has 13 heavy (non-hydrogen) atoms. The van der Waals surface area contributed by atoms with Crippen molar-refractivity contribution in [2.24, 2.45) is 5.73 Å². The quantitative estimate of drug-likeness (QED) is 0.669. The maximum atomic E-state index is 5.70. The summed E-state index contributed by atoms with van der Waals surface area (Å²) in [5.74, 6) is 1.84. The second-order valence-electron chi connectivity index (χ2n) is 3.58. The third-order valence-corrected chi connectivity index (χ3v) is 2.19. The van der Waals surface area contributed by atoms with E-state index in [4.69, 9.17) is 5.73 Å². The minimum atomic E-state index is 0.315. The maximum Gasteiger partial charge on any atom is 0.132 e. The number of nitrogens with zero attached hydrogens (tertiary/aromatic N) is 3. The fourth-order valence-electron chi connectivity index (χ4n) is 1.56. The lowest BCUT2D eigenvalue weighted by Gasteiger charge is -2.37. The summed E-state index contributed by atoms with van der Waals surface area (Å²) in [6, 6.07) is 2.31. The normalized spacial score (nSPS) is 17.3. The summed E-state index contributed by atoms with van der Waals surface area (Å²) >= 11 is 0. The van der Waals surface area contributed by atoms with Crippen molar-refractivity contribution in [2.45, 2.75) is 19.9 Å². The van der Waals surface area contributed by atoms with E-state index in [-0.39, 0.29) is 0 Å². The van der Waals surface area contributed by atoms with Gasteiger partial charge in [0, 0.05) is 30.9 Å². The molecule has 0 spiro atoms. The third kappa shape index (κ3) is 1.62. The van der Waals surface area contributed by atoms with E-state index in [9.17, 15) is 0 Å². The Labute approximate surface area is 77.8 Å². The number of aryl methyl sites for hydroxylation is 2. The fourth-order valence-corrected chi connectivity index (χ4v) is 1.56. The average molecular weight is 178 g/mol. The molecule has 1 saturated heterocycles. The molecule has 4 heteroatoms. The van der Waals surface area contributed by atoms with Crippen molar-refractivity contribution in [2.75, 3.05) is 18.0 Å². The van der Waals surface area contributed by atoms with Crippen LogP contribution in [-0.4, -0.2) is 29.1 Å². The summed E-state index contributed by atoms with van der Waals surface area (Å²) in [7, 11) is 0. The largest absolute Gasteiger partial charge is 0.353 e. The predicted molar refractivity (Wildman–Crippen MR) is 51.7 cm³/mol. The molecule has 1 aromatic rings. The second kappa shape index (κ2) is 2.96. The molecule has 0 amide bonds. The van der Waals surface area contributed by atoms with Gasteiger partial charge < -0.3 is 10.6 Å². The summed E-state index contributed by atoms with van der Waals surface area (Å²) in [5, 5.41) is 0. The van der Waals surface area contributed by atoms with Crippen LogP contribution in [-0.2, 0) is 0 Å². The lowest BCUT2D eigenvalue weighted by molar-refractivity contribution is 0.513. The molecule has 0 atom stereocenters. The number of anilines is 1. The predicted octanol–water partition coefficient (Wildman–Crippen LogP) is 0.241.